The van der Waals surface area contributed by atoms with Crippen molar-refractivity contribution in [2.24, 2.45) is 5.73 Å². The van der Waals surface area contributed by atoms with Crippen molar-refractivity contribution in [1.82, 2.24) is 4.90 Å². The number of rotatable bonds is 6. The summed E-state index contributed by atoms with van der Waals surface area (Å²) in [5, 5.41) is 0. The van der Waals surface area contributed by atoms with E-state index in [1.165, 1.54) is 0 Å². The number of amides is 1. The third-order valence-corrected chi connectivity index (χ3v) is 4.56. The van der Waals surface area contributed by atoms with Crippen LogP contribution in [0, 0.1) is 0 Å². The summed E-state index contributed by atoms with van der Waals surface area (Å²) in [6, 6.07) is 3.75. The minimum absolute atomic E-state index is 0. The van der Waals surface area contributed by atoms with Crippen molar-refractivity contribution in [1.29, 1.82) is 0 Å². The quantitative estimate of drug-likeness (QED) is 0.830. The number of benzene rings is 1. The number of carbonyl (C=O) groups is 1. The molecule has 7 heteroatoms. The smallest absolute Gasteiger partial charge is 0.227 e. The van der Waals surface area contributed by atoms with Crippen LogP contribution < -0.4 is 19.9 Å². The van der Waals surface area contributed by atoms with Crippen molar-refractivity contribution >= 4 is 18.3 Å². The Bertz CT molecular complexity index is 555. The van der Waals surface area contributed by atoms with Gasteiger partial charge in [-0.05, 0) is 43.9 Å². The molecule has 0 saturated carbocycles. The number of nitrogens with two attached hydrogens (primary N) is 1. The van der Waals surface area contributed by atoms with E-state index in [1.807, 2.05) is 24.0 Å². The van der Waals surface area contributed by atoms with Gasteiger partial charge in [0, 0.05) is 18.6 Å². The summed E-state index contributed by atoms with van der Waals surface area (Å²) in [4.78, 5) is 14.7. The van der Waals surface area contributed by atoms with Crippen LogP contribution in [0.4, 0.5) is 0 Å². The van der Waals surface area contributed by atoms with Gasteiger partial charge in [0.05, 0.1) is 27.8 Å². The van der Waals surface area contributed by atoms with E-state index in [4.69, 9.17) is 19.9 Å². The Hall–Kier alpha value is -1.66. The molecule has 0 aromatic heterocycles. The molecule has 1 aliphatic rings. The zero-order valence-electron chi connectivity index (χ0n) is 15.4. The van der Waals surface area contributed by atoms with E-state index in [-0.39, 0.29) is 30.4 Å². The molecule has 1 saturated heterocycles. The molecule has 1 fully saturated rings. The molecule has 0 bridgehead atoms. The first-order valence-corrected chi connectivity index (χ1v) is 8.35. The normalized spacial score (nSPS) is 18.1. The Morgan fingerprint density at radius 1 is 1.20 bits per heavy atom. The topological polar surface area (TPSA) is 74.0 Å². The van der Waals surface area contributed by atoms with E-state index in [2.05, 4.69) is 0 Å². The van der Waals surface area contributed by atoms with E-state index in [0.717, 1.165) is 31.4 Å². The highest BCUT2D eigenvalue weighted by atomic mass is 35.5. The Balaban J connectivity index is 0.00000312. The van der Waals surface area contributed by atoms with Gasteiger partial charge >= 0.3 is 0 Å². The standard InChI is InChI=1S/C18H28N2O4.ClH/c1-12(19)14-7-5-6-8-20(14)17(21)11-13-9-15(22-2)18(24-4)16(10-13)23-3;/h9-10,12,14H,5-8,11,19H2,1-4H3;1H. The van der Waals surface area contributed by atoms with Gasteiger partial charge < -0.3 is 24.8 Å². The molecule has 0 aliphatic carbocycles. The SMILES string of the molecule is COc1cc(CC(=O)N2CCCCC2C(C)N)cc(OC)c1OC.Cl. The Labute approximate surface area is 156 Å². The van der Waals surface area contributed by atoms with Crippen molar-refractivity contribution < 1.29 is 19.0 Å². The first kappa shape index (κ1) is 21.4. The molecule has 2 rings (SSSR count). The second-order valence-electron chi connectivity index (χ2n) is 6.22. The van der Waals surface area contributed by atoms with Crippen LogP contribution >= 0.6 is 12.4 Å². The summed E-state index contributed by atoms with van der Waals surface area (Å²) in [5.41, 5.74) is 6.90. The monoisotopic (exact) mass is 372 g/mol. The molecule has 1 heterocycles. The second-order valence-corrected chi connectivity index (χ2v) is 6.22. The number of hydrogen-bond acceptors (Lipinski definition) is 5. The van der Waals surface area contributed by atoms with E-state index in [9.17, 15) is 4.79 Å². The lowest BCUT2D eigenvalue weighted by Gasteiger charge is -2.38. The van der Waals surface area contributed by atoms with Crippen LogP contribution in [0.2, 0.25) is 0 Å². The maximum absolute atomic E-state index is 12.8. The van der Waals surface area contributed by atoms with Crippen LogP contribution in [0.15, 0.2) is 12.1 Å². The summed E-state index contributed by atoms with van der Waals surface area (Å²) in [6.45, 7) is 2.74. The van der Waals surface area contributed by atoms with Crippen molar-refractivity contribution in [2.75, 3.05) is 27.9 Å². The number of carbonyl (C=O) groups excluding carboxylic acids is 1. The fraction of sp³-hybridized carbons (Fsp3) is 0.611. The average Bonchev–Trinajstić information content (AvgIpc) is 2.60. The third kappa shape index (κ3) is 4.92. The van der Waals surface area contributed by atoms with Crippen LogP contribution in [-0.2, 0) is 11.2 Å². The summed E-state index contributed by atoms with van der Waals surface area (Å²) < 4.78 is 16.0. The molecule has 1 aliphatic heterocycles. The molecular weight excluding hydrogens is 344 g/mol. The number of piperidine rings is 1. The van der Waals surface area contributed by atoms with Crippen LogP contribution in [0.5, 0.6) is 17.2 Å². The van der Waals surface area contributed by atoms with Crippen molar-refractivity contribution in [2.45, 2.75) is 44.7 Å². The highest BCUT2D eigenvalue weighted by Gasteiger charge is 2.29. The molecule has 1 amide bonds. The number of methoxy groups -OCH3 is 3. The van der Waals surface area contributed by atoms with Gasteiger partial charge in [-0.3, -0.25) is 4.79 Å². The molecule has 0 radical (unpaired) electrons. The molecule has 1 aromatic rings. The van der Waals surface area contributed by atoms with Crippen LogP contribution in [0.1, 0.15) is 31.7 Å². The van der Waals surface area contributed by atoms with Gasteiger partial charge in [-0.2, -0.15) is 0 Å². The average molecular weight is 373 g/mol. The predicted octanol–water partition coefficient (Wildman–Crippen LogP) is 2.41. The molecule has 1 aromatic carbocycles. The van der Waals surface area contributed by atoms with Gasteiger partial charge in [0.1, 0.15) is 0 Å². The lowest BCUT2D eigenvalue weighted by Crippen LogP contribution is -2.52. The van der Waals surface area contributed by atoms with Crippen LogP contribution in [-0.4, -0.2) is 50.8 Å². The lowest BCUT2D eigenvalue weighted by molar-refractivity contribution is -0.134. The van der Waals surface area contributed by atoms with E-state index < -0.39 is 0 Å². The number of hydrogen-bond donors (Lipinski definition) is 1. The largest absolute Gasteiger partial charge is 0.493 e. The Kier molecular flexibility index (Phi) is 8.32. The Morgan fingerprint density at radius 3 is 2.28 bits per heavy atom. The highest BCUT2D eigenvalue weighted by Crippen LogP contribution is 2.38. The predicted molar refractivity (Wildman–Crippen MR) is 100 cm³/mol. The molecule has 2 N–H and O–H groups in total. The van der Waals surface area contributed by atoms with Crippen LogP contribution in [0.3, 0.4) is 0 Å². The molecule has 142 valence electrons. The van der Waals surface area contributed by atoms with Gasteiger partial charge in [-0.1, -0.05) is 0 Å². The van der Waals surface area contributed by atoms with Gasteiger partial charge in [0.15, 0.2) is 11.5 Å². The Morgan fingerprint density at radius 2 is 1.80 bits per heavy atom. The van der Waals surface area contributed by atoms with Crippen molar-refractivity contribution in [3.8, 4) is 17.2 Å². The molecule has 2 unspecified atom stereocenters. The zero-order chi connectivity index (χ0) is 17.7. The van der Waals surface area contributed by atoms with Crippen molar-refractivity contribution in [3.63, 3.8) is 0 Å². The summed E-state index contributed by atoms with van der Waals surface area (Å²) in [6.07, 6.45) is 3.42. The fourth-order valence-corrected chi connectivity index (χ4v) is 3.33. The molecule has 2 atom stereocenters. The molecule has 25 heavy (non-hydrogen) atoms. The minimum Gasteiger partial charge on any atom is -0.493 e. The minimum atomic E-state index is -0.0193. The van der Waals surface area contributed by atoms with Gasteiger partial charge in [-0.25, -0.2) is 0 Å². The third-order valence-electron chi connectivity index (χ3n) is 4.56. The molecule has 6 nitrogen and oxygen atoms in total. The summed E-state index contributed by atoms with van der Waals surface area (Å²) in [7, 11) is 4.70. The van der Waals surface area contributed by atoms with Crippen molar-refractivity contribution in [3.05, 3.63) is 17.7 Å². The highest BCUT2D eigenvalue weighted by molar-refractivity contribution is 5.85. The maximum Gasteiger partial charge on any atom is 0.227 e. The van der Waals surface area contributed by atoms with Gasteiger partial charge in [0.2, 0.25) is 11.7 Å². The first-order valence-electron chi connectivity index (χ1n) is 8.35. The number of nitrogens with zero attached hydrogens (tertiary/aromatic N) is 1. The van der Waals surface area contributed by atoms with Crippen LogP contribution in [0.25, 0.3) is 0 Å². The van der Waals surface area contributed by atoms with Gasteiger partial charge in [0.25, 0.3) is 0 Å². The summed E-state index contributed by atoms with van der Waals surface area (Å²) >= 11 is 0. The molecule has 0 spiro atoms. The zero-order valence-corrected chi connectivity index (χ0v) is 16.2. The number of ether oxygens (including phenoxy) is 3. The lowest BCUT2D eigenvalue weighted by atomic mass is 9.96. The molecular formula is C18H29ClN2O4. The van der Waals surface area contributed by atoms with E-state index in [0.29, 0.717) is 23.7 Å². The maximum atomic E-state index is 12.8. The van der Waals surface area contributed by atoms with Gasteiger partial charge in [-0.15, -0.1) is 12.4 Å². The fourth-order valence-electron chi connectivity index (χ4n) is 3.33. The van der Waals surface area contributed by atoms with E-state index in [1.54, 1.807) is 21.3 Å². The van der Waals surface area contributed by atoms with E-state index >= 15 is 0 Å². The second kappa shape index (κ2) is 9.73. The number of halogens is 1. The number of likely N-dealkylation sites (tertiary alicyclic amines) is 1. The summed E-state index contributed by atoms with van der Waals surface area (Å²) in [5.74, 6) is 1.73. The first-order chi connectivity index (χ1) is 11.5.